The Morgan fingerprint density at radius 1 is 1.57 bits per heavy atom. The zero-order valence-electron chi connectivity index (χ0n) is 11.8. The predicted molar refractivity (Wildman–Crippen MR) is 91.2 cm³/mol. The number of thiazole rings is 1. The van der Waals surface area contributed by atoms with Gasteiger partial charge in [0.05, 0.1) is 0 Å². The lowest BCUT2D eigenvalue weighted by Crippen LogP contribution is -2.16. The molecule has 1 amide bonds. The molecule has 0 aromatic carbocycles. The van der Waals surface area contributed by atoms with E-state index in [4.69, 9.17) is 11.6 Å². The van der Waals surface area contributed by atoms with Gasteiger partial charge in [0.2, 0.25) is 5.91 Å². The Hall–Kier alpha value is -1.11. The van der Waals surface area contributed by atoms with E-state index in [2.05, 4.69) is 22.2 Å². The first kappa shape index (κ1) is 16.3. The average Bonchev–Trinajstić information content (AvgIpc) is 2.87. The van der Waals surface area contributed by atoms with Crippen molar-refractivity contribution in [3.05, 3.63) is 29.7 Å². The van der Waals surface area contributed by atoms with Crippen molar-refractivity contribution in [3.8, 4) is 10.6 Å². The number of anilines is 1. The Bertz CT molecular complexity index is 600. The van der Waals surface area contributed by atoms with Gasteiger partial charge in [0.15, 0.2) is 5.15 Å². The third-order valence-electron chi connectivity index (χ3n) is 2.95. The van der Waals surface area contributed by atoms with Crippen LogP contribution in [0.1, 0.15) is 19.8 Å². The van der Waals surface area contributed by atoms with Crippen LogP contribution in [0.15, 0.2) is 24.5 Å². The van der Waals surface area contributed by atoms with E-state index in [9.17, 15) is 4.79 Å². The van der Waals surface area contributed by atoms with Gasteiger partial charge in [0.25, 0.3) is 0 Å². The number of rotatable bonds is 6. The summed E-state index contributed by atoms with van der Waals surface area (Å²) < 4.78 is 0. The van der Waals surface area contributed by atoms with Gasteiger partial charge in [-0.25, -0.2) is 4.98 Å². The number of halogens is 1. The topological polar surface area (TPSA) is 54.9 Å². The van der Waals surface area contributed by atoms with E-state index in [0.29, 0.717) is 21.8 Å². The minimum absolute atomic E-state index is 0.0283. The van der Waals surface area contributed by atoms with Crippen molar-refractivity contribution in [2.24, 2.45) is 0 Å². The summed E-state index contributed by atoms with van der Waals surface area (Å²) in [5.74, 6) is -0.0283. The molecule has 0 radical (unpaired) electrons. The van der Waals surface area contributed by atoms with Gasteiger partial charge < -0.3 is 5.32 Å². The van der Waals surface area contributed by atoms with Crippen molar-refractivity contribution >= 4 is 45.6 Å². The SMILES string of the molecule is CCC(CC(=O)Nc1sc(-c2cccnc2)nc1Cl)SC. The van der Waals surface area contributed by atoms with Crippen LogP contribution in [0, 0.1) is 0 Å². The van der Waals surface area contributed by atoms with Crippen molar-refractivity contribution in [2.45, 2.75) is 25.0 Å². The molecule has 2 aromatic heterocycles. The maximum Gasteiger partial charge on any atom is 0.226 e. The first-order valence-electron chi connectivity index (χ1n) is 6.53. The molecule has 0 aliphatic heterocycles. The second-order valence-electron chi connectivity index (χ2n) is 4.40. The molecule has 1 unspecified atom stereocenters. The molecule has 0 spiro atoms. The highest BCUT2D eigenvalue weighted by molar-refractivity contribution is 7.99. The number of thioether (sulfide) groups is 1. The Morgan fingerprint density at radius 3 is 3.00 bits per heavy atom. The third kappa shape index (κ3) is 4.43. The molecule has 112 valence electrons. The predicted octanol–water partition coefficient (Wildman–Crippen LogP) is 4.33. The molecule has 0 aliphatic carbocycles. The van der Waals surface area contributed by atoms with E-state index in [1.165, 1.54) is 11.3 Å². The number of carbonyl (C=O) groups excluding carboxylic acids is 1. The number of hydrogen-bond donors (Lipinski definition) is 1. The smallest absolute Gasteiger partial charge is 0.226 e. The molecule has 21 heavy (non-hydrogen) atoms. The van der Waals surface area contributed by atoms with Crippen molar-refractivity contribution in [1.29, 1.82) is 0 Å². The van der Waals surface area contributed by atoms with Crippen molar-refractivity contribution in [3.63, 3.8) is 0 Å². The minimum atomic E-state index is -0.0283. The quantitative estimate of drug-likeness (QED) is 0.849. The van der Waals surface area contributed by atoms with Crippen LogP contribution in [0.5, 0.6) is 0 Å². The Balaban J connectivity index is 2.08. The number of nitrogens with one attached hydrogen (secondary N) is 1. The van der Waals surface area contributed by atoms with E-state index in [0.717, 1.165) is 17.0 Å². The van der Waals surface area contributed by atoms with Gasteiger partial charge in [-0.15, -0.1) is 0 Å². The molecule has 2 aromatic rings. The fourth-order valence-corrected chi connectivity index (χ4v) is 3.58. The van der Waals surface area contributed by atoms with Crippen LogP contribution in [0.25, 0.3) is 10.6 Å². The van der Waals surface area contributed by atoms with E-state index < -0.39 is 0 Å². The largest absolute Gasteiger partial charge is 0.315 e. The highest BCUT2D eigenvalue weighted by atomic mass is 35.5. The lowest BCUT2D eigenvalue weighted by molar-refractivity contribution is -0.116. The summed E-state index contributed by atoms with van der Waals surface area (Å²) in [5.41, 5.74) is 0.889. The molecule has 7 heteroatoms. The van der Waals surface area contributed by atoms with E-state index >= 15 is 0 Å². The van der Waals surface area contributed by atoms with Crippen LogP contribution < -0.4 is 5.32 Å². The maximum absolute atomic E-state index is 12.0. The first-order valence-corrected chi connectivity index (χ1v) is 9.01. The lowest BCUT2D eigenvalue weighted by Gasteiger charge is -2.10. The molecule has 2 rings (SSSR count). The molecule has 2 heterocycles. The molecule has 0 bridgehead atoms. The summed E-state index contributed by atoms with van der Waals surface area (Å²) in [6.07, 6.45) is 6.89. The Morgan fingerprint density at radius 2 is 2.38 bits per heavy atom. The van der Waals surface area contributed by atoms with Crippen LogP contribution in [-0.2, 0) is 4.79 Å². The van der Waals surface area contributed by atoms with Crippen molar-refractivity contribution < 1.29 is 4.79 Å². The number of carbonyl (C=O) groups is 1. The maximum atomic E-state index is 12.0. The molecular weight excluding hydrogens is 326 g/mol. The molecule has 0 saturated heterocycles. The molecule has 0 saturated carbocycles. The van der Waals surface area contributed by atoms with Crippen LogP contribution in [0.3, 0.4) is 0 Å². The van der Waals surface area contributed by atoms with Gasteiger partial charge in [-0.05, 0) is 24.8 Å². The summed E-state index contributed by atoms with van der Waals surface area (Å²) in [4.78, 5) is 20.4. The highest BCUT2D eigenvalue weighted by Crippen LogP contribution is 2.34. The molecule has 1 N–H and O–H groups in total. The van der Waals surface area contributed by atoms with Gasteiger partial charge in [0, 0.05) is 29.6 Å². The fraction of sp³-hybridized carbons (Fsp3) is 0.357. The third-order valence-corrected chi connectivity index (χ3v) is 5.52. The molecule has 0 aliphatic rings. The first-order chi connectivity index (χ1) is 10.1. The standard InChI is InChI=1S/C14H16ClN3OS2/c1-3-10(20-2)7-11(19)17-14-12(15)18-13(21-14)9-5-4-6-16-8-9/h4-6,8,10H,3,7H2,1-2H3,(H,17,19). The summed E-state index contributed by atoms with van der Waals surface area (Å²) in [7, 11) is 0. The summed E-state index contributed by atoms with van der Waals surface area (Å²) in [5, 5.41) is 4.85. The zero-order chi connectivity index (χ0) is 15.2. The number of amides is 1. The van der Waals surface area contributed by atoms with E-state index in [1.807, 2.05) is 18.4 Å². The fourth-order valence-electron chi connectivity index (χ4n) is 1.77. The zero-order valence-corrected chi connectivity index (χ0v) is 14.2. The van der Waals surface area contributed by atoms with Crippen LogP contribution in [0.2, 0.25) is 5.15 Å². The second-order valence-corrected chi connectivity index (χ2v) is 6.89. The van der Waals surface area contributed by atoms with Crippen LogP contribution >= 0.6 is 34.7 Å². The summed E-state index contributed by atoms with van der Waals surface area (Å²) >= 11 is 9.16. The monoisotopic (exact) mass is 341 g/mol. The minimum Gasteiger partial charge on any atom is -0.315 e. The van der Waals surface area contributed by atoms with Gasteiger partial charge in [-0.2, -0.15) is 11.8 Å². The second kappa shape index (κ2) is 7.77. The molecular formula is C14H16ClN3OS2. The average molecular weight is 342 g/mol. The molecule has 0 fully saturated rings. The van der Waals surface area contributed by atoms with E-state index in [-0.39, 0.29) is 5.91 Å². The molecule has 4 nitrogen and oxygen atoms in total. The van der Waals surface area contributed by atoms with Crippen LogP contribution in [-0.4, -0.2) is 27.4 Å². The summed E-state index contributed by atoms with van der Waals surface area (Å²) in [6.45, 7) is 2.08. The number of hydrogen-bond acceptors (Lipinski definition) is 5. The van der Waals surface area contributed by atoms with E-state index in [1.54, 1.807) is 24.2 Å². The molecule has 1 atom stereocenters. The Kier molecular flexibility index (Phi) is 6.02. The van der Waals surface area contributed by atoms with Crippen molar-refractivity contribution in [2.75, 3.05) is 11.6 Å². The number of aromatic nitrogens is 2. The van der Waals surface area contributed by atoms with Crippen LogP contribution in [0.4, 0.5) is 5.00 Å². The number of pyridine rings is 1. The van der Waals surface area contributed by atoms with Gasteiger partial charge in [-0.1, -0.05) is 29.9 Å². The normalized spacial score (nSPS) is 12.1. The van der Waals surface area contributed by atoms with Gasteiger partial charge in [0.1, 0.15) is 10.0 Å². The summed E-state index contributed by atoms with van der Waals surface area (Å²) in [6, 6.07) is 3.75. The highest BCUT2D eigenvalue weighted by Gasteiger charge is 2.16. The van der Waals surface area contributed by atoms with Gasteiger partial charge >= 0.3 is 0 Å². The van der Waals surface area contributed by atoms with Crippen molar-refractivity contribution in [1.82, 2.24) is 9.97 Å². The van der Waals surface area contributed by atoms with Gasteiger partial charge in [-0.3, -0.25) is 9.78 Å². The lowest BCUT2D eigenvalue weighted by atomic mass is 10.2. The number of nitrogens with zero attached hydrogens (tertiary/aromatic N) is 2. The Labute approximate surface area is 137 Å².